The zero-order valence-electron chi connectivity index (χ0n) is 14.1. The van der Waals surface area contributed by atoms with Crippen LogP contribution in [0, 0.1) is 0 Å². The topological polar surface area (TPSA) is 29.5 Å². The van der Waals surface area contributed by atoms with Crippen LogP contribution < -0.4 is 0 Å². The molecule has 2 aromatic carbocycles. The van der Waals surface area contributed by atoms with E-state index in [2.05, 4.69) is 31.2 Å². The molecule has 1 amide bonds. The van der Waals surface area contributed by atoms with Crippen LogP contribution in [0.25, 0.3) is 10.8 Å². The molecule has 1 unspecified atom stereocenters. The molecule has 0 N–H and O–H groups in total. The van der Waals surface area contributed by atoms with Crippen molar-refractivity contribution in [1.29, 1.82) is 0 Å². The summed E-state index contributed by atoms with van der Waals surface area (Å²) >= 11 is 0. The van der Waals surface area contributed by atoms with Gasteiger partial charge in [0.25, 0.3) is 0 Å². The molecule has 0 aromatic heterocycles. The molecular weight excluding hydrogens is 274 g/mol. The lowest BCUT2D eigenvalue weighted by Crippen LogP contribution is -2.38. The third kappa shape index (κ3) is 3.59. The summed E-state index contributed by atoms with van der Waals surface area (Å²) in [5, 5.41) is 2.37. The van der Waals surface area contributed by atoms with Crippen LogP contribution in [-0.2, 0) is 4.74 Å². The first-order chi connectivity index (χ1) is 10.3. The number of benzene rings is 2. The summed E-state index contributed by atoms with van der Waals surface area (Å²) in [7, 11) is 0. The molecule has 0 aliphatic rings. The Labute approximate surface area is 132 Å². The molecule has 0 aliphatic carbocycles. The van der Waals surface area contributed by atoms with E-state index in [4.69, 9.17) is 4.74 Å². The summed E-state index contributed by atoms with van der Waals surface area (Å²) in [5.74, 6) is 0. The standard InChI is InChI=1S/C19H25NO2/c1-6-20(18(21)22-19(3,4)5)14(2)16-13-9-11-15-10-7-8-12-17(15)16/h7-14H,6H2,1-5H3. The molecule has 118 valence electrons. The number of amides is 1. The number of rotatable bonds is 3. The number of hydrogen-bond acceptors (Lipinski definition) is 2. The fourth-order valence-corrected chi connectivity index (χ4v) is 2.66. The van der Waals surface area contributed by atoms with Crippen LogP contribution in [0.1, 0.15) is 46.2 Å². The van der Waals surface area contributed by atoms with Crippen molar-refractivity contribution in [3.63, 3.8) is 0 Å². The van der Waals surface area contributed by atoms with Gasteiger partial charge in [0.05, 0.1) is 6.04 Å². The van der Waals surface area contributed by atoms with Crippen LogP contribution in [0.5, 0.6) is 0 Å². The smallest absolute Gasteiger partial charge is 0.410 e. The van der Waals surface area contributed by atoms with E-state index in [0.29, 0.717) is 6.54 Å². The third-order valence-electron chi connectivity index (χ3n) is 3.71. The summed E-state index contributed by atoms with van der Waals surface area (Å²) in [6.07, 6.45) is -0.268. The minimum absolute atomic E-state index is 0.0362. The largest absolute Gasteiger partial charge is 0.444 e. The number of hydrogen-bond donors (Lipinski definition) is 0. The monoisotopic (exact) mass is 299 g/mol. The van der Waals surface area contributed by atoms with E-state index >= 15 is 0 Å². The van der Waals surface area contributed by atoms with Gasteiger partial charge in [0.15, 0.2) is 0 Å². The minimum Gasteiger partial charge on any atom is -0.444 e. The highest BCUT2D eigenvalue weighted by Crippen LogP contribution is 2.29. The second-order valence-electron chi connectivity index (χ2n) is 6.51. The van der Waals surface area contributed by atoms with Crippen LogP contribution in [0.4, 0.5) is 4.79 Å². The molecule has 22 heavy (non-hydrogen) atoms. The zero-order chi connectivity index (χ0) is 16.3. The highest BCUT2D eigenvalue weighted by molar-refractivity contribution is 5.86. The Kier molecular flexibility index (Phi) is 4.74. The fraction of sp³-hybridized carbons (Fsp3) is 0.421. The van der Waals surface area contributed by atoms with Crippen LogP contribution in [-0.4, -0.2) is 23.1 Å². The number of fused-ring (bicyclic) bond motifs is 1. The molecule has 0 radical (unpaired) electrons. The quantitative estimate of drug-likeness (QED) is 0.783. The molecule has 2 aromatic rings. The molecule has 0 bridgehead atoms. The van der Waals surface area contributed by atoms with Crippen molar-refractivity contribution in [1.82, 2.24) is 4.90 Å². The van der Waals surface area contributed by atoms with Crippen LogP contribution in [0.2, 0.25) is 0 Å². The predicted molar refractivity (Wildman–Crippen MR) is 91.0 cm³/mol. The van der Waals surface area contributed by atoms with Crippen molar-refractivity contribution >= 4 is 16.9 Å². The molecule has 0 saturated heterocycles. The maximum atomic E-state index is 12.4. The number of carbonyl (C=O) groups excluding carboxylic acids is 1. The molecule has 1 atom stereocenters. The lowest BCUT2D eigenvalue weighted by Gasteiger charge is -2.31. The number of ether oxygens (including phenoxy) is 1. The second kappa shape index (κ2) is 6.39. The second-order valence-corrected chi connectivity index (χ2v) is 6.51. The van der Waals surface area contributed by atoms with E-state index in [1.165, 1.54) is 10.8 Å². The highest BCUT2D eigenvalue weighted by Gasteiger charge is 2.26. The van der Waals surface area contributed by atoms with Crippen molar-refractivity contribution in [3.05, 3.63) is 48.0 Å². The Balaban J connectivity index is 2.35. The molecular formula is C19H25NO2. The van der Waals surface area contributed by atoms with Gasteiger partial charge in [0, 0.05) is 6.54 Å². The van der Waals surface area contributed by atoms with Gasteiger partial charge in [-0.05, 0) is 51.0 Å². The Morgan fingerprint density at radius 3 is 2.41 bits per heavy atom. The first-order valence-electron chi connectivity index (χ1n) is 7.80. The summed E-state index contributed by atoms with van der Waals surface area (Å²) in [4.78, 5) is 14.2. The van der Waals surface area contributed by atoms with Crippen molar-refractivity contribution < 1.29 is 9.53 Å². The van der Waals surface area contributed by atoms with Gasteiger partial charge in [-0.2, -0.15) is 0 Å². The van der Waals surface area contributed by atoms with Gasteiger partial charge in [-0.3, -0.25) is 0 Å². The Morgan fingerprint density at radius 2 is 1.77 bits per heavy atom. The normalized spacial score (nSPS) is 13.0. The van der Waals surface area contributed by atoms with E-state index in [1.807, 2.05) is 45.9 Å². The molecule has 0 fully saturated rings. The Hall–Kier alpha value is -2.03. The van der Waals surface area contributed by atoms with Gasteiger partial charge < -0.3 is 9.64 Å². The highest BCUT2D eigenvalue weighted by atomic mass is 16.6. The molecule has 0 aliphatic heterocycles. The van der Waals surface area contributed by atoms with Crippen molar-refractivity contribution in [2.24, 2.45) is 0 Å². The summed E-state index contributed by atoms with van der Waals surface area (Å²) < 4.78 is 5.53. The van der Waals surface area contributed by atoms with Gasteiger partial charge in [-0.15, -0.1) is 0 Å². The van der Waals surface area contributed by atoms with Gasteiger partial charge in [-0.25, -0.2) is 4.79 Å². The summed E-state index contributed by atoms with van der Waals surface area (Å²) in [6.45, 7) is 10.3. The molecule has 3 nitrogen and oxygen atoms in total. The van der Waals surface area contributed by atoms with Crippen LogP contribution >= 0.6 is 0 Å². The van der Waals surface area contributed by atoms with Crippen molar-refractivity contribution in [2.45, 2.75) is 46.3 Å². The lowest BCUT2D eigenvalue weighted by molar-refractivity contribution is 0.0187. The maximum Gasteiger partial charge on any atom is 0.410 e. The molecule has 0 heterocycles. The maximum absolute atomic E-state index is 12.4. The van der Waals surface area contributed by atoms with Crippen LogP contribution in [0.15, 0.2) is 42.5 Å². The van der Waals surface area contributed by atoms with E-state index in [-0.39, 0.29) is 12.1 Å². The van der Waals surface area contributed by atoms with Crippen molar-refractivity contribution in [3.8, 4) is 0 Å². The first-order valence-corrected chi connectivity index (χ1v) is 7.80. The first kappa shape index (κ1) is 16.3. The molecule has 0 saturated carbocycles. The van der Waals surface area contributed by atoms with Crippen molar-refractivity contribution in [2.75, 3.05) is 6.54 Å². The predicted octanol–water partition coefficient (Wildman–Crippen LogP) is 5.16. The summed E-state index contributed by atoms with van der Waals surface area (Å²) in [5.41, 5.74) is 0.661. The van der Waals surface area contributed by atoms with Gasteiger partial charge in [0.1, 0.15) is 5.60 Å². The Morgan fingerprint density at radius 1 is 1.14 bits per heavy atom. The number of carbonyl (C=O) groups is 1. The van der Waals surface area contributed by atoms with Gasteiger partial charge >= 0.3 is 6.09 Å². The number of nitrogens with zero attached hydrogens (tertiary/aromatic N) is 1. The molecule has 2 rings (SSSR count). The van der Waals surface area contributed by atoms with Crippen LogP contribution in [0.3, 0.4) is 0 Å². The zero-order valence-corrected chi connectivity index (χ0v) is 14.1. The third-order valence-corrected chi connectivity index (χ3v) is 3.71. The molecule has 0 spiro atoms. The van der Waals surface area contributed by atoms with E-state index < -0.39 is 5.60 Å². The Bertz CT molecular complexity index is 653. The van der Waals surface area contributed by atoms with E-state index in [9.17, 15) is 4.79 Å². The summed E-state index contributed by atoms with van der Waals surface area (Å²) in [6, 6.07) is 14.4. The lowest BCUT2D eigenvalue weighted by atomic mass is 9.99. The molecule has 3 heteroatoms. The van der Waals surface area contributed by atoms with Gasteiger partial charge in [-0.1, -0.05) is 42.5 Å². The average Bonchev–Trinajstić information content (AvgIpc) is 2.45. The fourth-order valence-electron chi connectivity index (χ4n) is 2.66. The van der Waals surface area contributed by atoms with E-state index in [1.54, 1.807) is 4.90 Å². The van der Waals surface area contributed by atoms with E-state index in [0.717, 1.165) is 5.56 Å². The minimum atomic E-state index is -0.483. The average molecular weight is 299 g/mol. The SMILES string of the molecule is CCN(C(=O)OC(C)(C)C)C(C)c1cccc2ccccc12. The van der Waals surface area contributed by atoms with Gasteiger partial charge in [0.2, 0.25) is 0 Å².